The highest BCUT2D eigenvalue weighted by Crippen LogP contribution is 2.17. The van der Waals surface area contributed by atoms with Gasteiger partial charge >= 0.3 is 0 Å². The number of aromatic hydroxyl groups is 1. The van der Waals surface area contributed by atoms with E-state index >= 15 is 0 Å². The van der Waals surface area contributed by atoms with E-state index in [4.69, 9.17) is 0 Å². The van der Waals surface area contributed by atoms with E-state index in [9.17, 15) is 14.7 Å². The second kappa shape index (κ2) is 6.80. The number of aromatic nitrogens is 1. The molecule has 2 amide bonds. The number of nitrogens with one attached hydrogen (secondary N) is 2. The van der Waals surface area contributed by atoms with Crippen molar-refractivity contribution >= 4 is 11.8 Å². The van der Waals surface area contributed by atoms with Gasteiger partial charge in [-0.2, -0.15) is 0 Å². The molecule has 3 N–H and O–H groups in total. The first kappa shape index (κ1) is 15.6. The van der Waals surface area contributed by atoms with Crippen LogP contribution in [-0.4, -0.2) is 34.6 Å². The molecular formula is C16H19N3O3. The van der Waals surface area contributed by atoms with E-state index in [1.807, 2.05) is 6.92 Å². The van der Waals surface area contributed by atoms with Gasteiger partial charge < -0.3 is 20.3 Å². The number of hydrogen-bond acceptors (Lipinski definition) is 3. The van der Waals surface area contributed by atoms with E-state index in [0.717, 1.165) is 5.56 Å². The van der Waals surface area contributed by atoms with Crippen LogP contribution in [0.2, 0.25) is 0 Å². The SMILES string of the molecule is Cc1ccc(C(=O)NCCNC(=O)c2cccn2C)c(O)c1. The van der Waals surface area contributed by atoms with Gasteiger partial charge in [-0.15, -0.1) is 0 Å². The monoisotopic (exact) mass is 301 g/mol. The zero-order valence-corrected chi connectivity index (χ0v) is 12.6. The van der Waals surface area contributed by atoms with Crippen LogP contribution in [-0.2, 0) is 7.05 Å². The fraction of sp³-hybridized carbons (Fsp3) is 0.250. The quantitative estimate of drug-likeness (QED) is 0.726. The number of amides is 2. The number of rotatable bonds is 5. The molecule has 1 aromatic carbocycles. The molecule has 0 fully saturated rings. The lowest BCUT2D eigenvalue weighted by atomic mass is 10.1. The van der Waals surface area contributed by atoms with Gasteiger partial charge in [0.2, 0.25) is 0 Å². The van der Waals surface area contributed by atoms with Gasteiger partial charge in [0, 0.05) is 26.3 Å². The van der Waals surface area contributed by atoms with Crippen molar-refractivity contribution in [3.63, 3.8) is 0 Å². The molecule has 22 heavy (non-hydrogen) atoms. The van der Waals surface area contributed by atoms with Gasteiger partial charge in [0.1, 0.15) is 11.4 Å². The molecule has 1 aromatic heterocycles. The predicted octanol–water partition coefficient (Wildman–Crippen LogP) is 1.20. The first-order valence-electron chi connectivity index (χ1n) is 6.96. The van der Waals surface area contributed by atoms with Crippen LogP contribution < -0.4 is 10.6 Å². The topological polar surface area (TPSA) is 83.4 Å². The Morgan fingerprint density at radius 3 is 2.41 bits per heavy atom. The molecule has 0 spiro atoms. The summed E-state index contributed by atoms with van der Waals surface area (Å²) in [6.07, 6.45) is 1.79. The smallest absolute Gasteiger partial charge is 0.267 e. The number of carbonyl (C=O) groups excluding carboxylic acids is 2. The number of nitrogens with zero attached hydrogens (tertiary/aromatic N) is 1. The molecule has 0 atom stereocenters. The van der Waals surface area contributed by atoms with Crippen LogP contribution in [0.4, 0.5) is 0 Å². The molecule has 0 aliphatic rings. The Labute approximate surface area is 128 Å². The fourth-order valence-electron chi connectivity index (χ4n) is 2.07. The fourth-order valence-corrected chi connectivity index (χ4v) is 2.07. The van der Waals surface area contributed by atoms with Crippen LogP contribution in [0.25, 0.3) is 0 Å². The van der Waals surface area contributed by atoms with E-state index in [0.29, 0.717) is 12.2 Å². The van der Waals surface area contributed by atoms with Crippen LogP contribution in [0.5, 0.6) is 5.75 Å². The molecule has 6 nitrogen and oxygen atoms in total. The summed E-state index contributed by atoms with van der Waals surface area (Å²) in [6, 6.07) is 8.37. The van der Waals surface area contributed by atoms with Crippen molar-refractivity contribution in [2.24, 2.45) is 7.05 Å². The maximum atomic E-state index is 11.9. The average molecular weight is 301 g/mol. The van der Waals surface area contributed by atoms with Gasteiger partial charge in [0.25, 0.3) is 11.8 Å². The number of carbonyl (C=O) groups is 2. The van der Waals surface area contributed by atoms with Crippen LogP contribution in [0.3, 0.4) is 0 Å². The summed E-state index contributed by atoms with van der Waals surface area (Å²) in [5.41, 5.74) is 1.66. The van der Waals surface area contributed by atoms with Gasteiger partial charge in [-0.1, -0.05) is 6.07 Å². The maximum absolute atomic E-state index is 11.9. The molecule has 0 saturated carbocycles. The second-order valence-corrected chi connectivity index (χ2v) is 5.04. The number of aryl methyl sites for hydroxylation is 2. The minimum absolute atomic E-state index is 0.0506. The van der Waals surface area contributed by atoms with Gasteiger partial charge in [0.05, 0.1) is 5.56 Å². The molecule has 0 bridgehead atoms. The Morgan fingerprint density at radius 2 is 1.82 bits per heavy atom. The third kappa shape index (κ3) is 3.66. The molecule has 0 aliphatic carbocycles. The van der Waals surface area contributed by atoms with Gasteiger partial charge in [-0.05, 0) is 36.8 Å². The number of phenolic OH excluding ortho intramolecular Hbond substituents is 1. The molecule has 0 unspecified atom stereocenters. The zero-order chi connectivity index (χ0) is 16.1. The normalized spacial score (nSPS) is 10.3. The van der Waals surface area contributed by atoms with Gasteiger partial charge in [-0.3, -0.25) is 9.59 Å². The second-order valence-electron chi connectivity index (χ2n) is 5.04. The molecule has 6 heteroatoms. The minimum Gasteiger partial charge on any atom is -0.507 e. The summed E-state index contributed by atoms with van der Waals surface area (Å²) in [6.45, 7) is 2.42. The van der Waals surface area contributed by atoms with Crippen LogP contribution >= 0.6 is 0 Å². The average Bonchev–Trinajstić information content (AvgIpc) is 2.89. The summed E-state index contributed by atoms with van der Waals surface area (Å²) in [5.74, 6) is -0.615. The molecule has 0 saturated heterocycles. The van der Waals surface area contributed by atoms with Crippen molar-refractivity contribution in [3.8, 4) is 5.75 Å². The van der Waals surface area contributed by atoms with Crippen LogP contribution in [0.15, 0.2) is 36.5 Å². The van der Waals surface area contributed by atoms with Crippen molar-refractivity contribution in [1.82, 2.24) is 15.2 Å². The standard InChI is InChI=1S/C16H19N3O3/c1-11-5-6-12(14(20)10-11)15(21)17-7-8-18-16(22)13-4-3-9-19(13)2/h3-6,9-10,20H,7-8H2,1-2H3,(H,17,21)(H,18,22). The van der Waals surface area contributed by atoms with E-state index in [1.54, 1.807) is 42.1 Å². The highest BCUT2D eigenvalue weighted by molar-refractivity contribution is 5.97. The zero-order valence-electron chi connectivity index (χ0n) is 12.6. The Bertz CT molecular complexity index is 692. The lowest BCUT2D eigenvalue weighted by Gasteiger charge is -2.09. The number of benzene rings is 1. The van der Waals surface area contributed by atoms with Crippen molar-refractivity contribution in [2.45, 2.75) is 6.92 Å². The number of phenols is 1. The van der Waals surface area contributed by atoms with Crippen molar-refractivity contribution in [3.05, 3.63) is 53.3 Å². The molecule has 0 aliphatic heterocycles. The third-order valence-corrected chi connectivity index (χ3v) is 3.27. The van der Waals surface area contributed by atoms with Gasteiger partial charge in [-0.25, -0.2) is 0 Å². The molecular weight excluding hydrogens is 282 g/mol. The van der Waals surface area contributed by atoms with Gasteiger partial charge in [0.15, 0.2) is 0 Å². The molecule has 1 heterocycles. The molecule has 0 radical (unpaired) electrons. The Kier molecular flexibility index (Phi) is 4.83. The lowest BCUT2D eigenvalue weighted by molar-refractivity contribution is 0.0922. The van der Waals surface area contributed by atoms with Crippen molar-refractivity contribution in [1.29, 1.82) is 0 Å². The summed E-state index contributed by atoms with van der Waals surface area (Å²) in [4.78, 5) is 23.8. The number of hydrogen-bond donors (Lipinski definition) is 3. The summed E-state index contributed by atoms with van der Waals surface area (Å²) < 4.78 is 1.72. The first-order valence-corrected chi connectivity index (χ1v) is 6.96. The van der Waals surface area contributed by atoms with E-state index in [2.05, 4.69) is 10.6 Å². The molecule has 2 rings (SSSR count). The Hall–Kier alpha value is -2.76. The maximum Gasteiger partial charge on any atom is 0.267 e. The van der Waals surface area contributed by atoms with Crippen LogP contribution in [0, 0.1) is 6.92 Å². The van der Waals surface area contributed by atoms with E-state index < -0.39 is 0 Å². The first-order chi connectivity index (χ1) is 10.5. The van der Waals surface area contributed by atoms with E-state index in [1.165, 1.54) is 6.07 Å². The molecule has 116 valence electrons. The van der Waals surface area contributed by atoms with Crippen LogP contribution in [0.1, 0.15) is 26.4 Å². The Morgan fingerprint density at radius 1 is 1.14 bits per heavy atom. The van der Waals surface area contributed by atoms with E-state index in [-0.39, 0.29) is 29.7 Å². The largest absolute Gasteiger partial charge is 0.507 e. The Balaban J connectivity index is 1.80. The third-order valence-electron chi connectivity index (χ3n) is 3.27. The predicted molar refractivity (Wildman–Crippen MR) is 82.9 cm³/mol. The summed E-state index contributed by atoms with van der Waals surface area (Å²) in [7, 11) is 1.79. The van der Waals surface area contributed by atoms with Crippen molar-refractivity contribution in [2.75, 3.05) is 13.1 Å². The van der Waals surface area contributed by atoms with Crippen molar-refractivity contribution < 1.29 is 14.7 Å². The minimum atomic E-state index is -0.370. The molecule has 2 aromatic rings. The highest BCUT2D eigenvalue weighted by Gasteiger charge is 2.11. The highest BCUT2D eigenvalue weighted by atomic mass is 16.3. The summed E-state index contributed by atoms with van der Waals surface area (Å²) >= 11 is 0. The summed E-state index contributed by atoms with van der Waals surface area (Å²) in [5, 5.41) is 15.1. The lowest BCUT2D eigenvalue weighted by Crippen LogP contribution is -2.35.